The monoisotopic (exact) mass is 230 g/mol. The van der Waals surface area contributed by atoms with Gasteiger partial charge in [0, 0.05) is 12.8 Å². The number of methoxy groups -OCH3 is 1. The average Bonchev–Trinajstić information content (AvgIpc) is 2.28. The maximum atomic E-state index is 10.5. The number of rotatable bonds is 6. The molecular formula is C12H22O4. The highest BCUT2D eigenvalue weighted by Crippen LogP contribution is 1.90. The van der Waals surface area contributed by atoms with Crippen molar-refractivity contribution in [1.82, 2.24) is 0 Å². The van der Waals surface area contributed by atoms with Gasteiger partial charge in [-0.3, -0.25) is 9.59 Å². The van der Waals surface area contributed by atoms with Gasteiger partial charge in [0.15, 0.2) is 0 Å². The van der Waals surface area contributed by atoms with Crippen molar-refractivity contribution >= 4 is 11.9 Å². The van der Waals surface area contributed by atoms with E-state index in [1.807, 2.05) is 13.8 Å². The Morgan fingerprint density at radius 3 is 1.94 bits per heavy atom. The molecule has 0 atom stereocenters. The number of hydrogen-bond acceptors (Lipinski definition) is 4. The molecule has 0 spiro atoms. The highest BCUT2D eigenvalue weighted by atomic mass is 16.5. The van der Waals surface area contributed by atoms with E-state index in [4.69, 9.17) is 0 Å². The van der Waals surface area contributed by atoms with E-state index < -0.39 is 0 Å². The molecule has 16 heavy (non-hydrogen) atoms. The topological polar surface area (TPSA) is 52.6 Å². The molecule has 0 aliphatic carbocycles. The lowest BCUT2D eigenvalue weighted by atomic mass is 10.3. The zero-order chi connectivity index (χ0) is 12.8. The summed E-state index contributed by atoms with van der Waals surface area (Å²) in [5.74, 6) is -0.264. The van der Waals surface area contributed by atoms with E-state index >= 15 is 0 Å². The summed E-state index contributed by atoms with van der Waals surface area (Å²) in [6, 6.07) is 0. The Hall–Kier alpha value is -1.32. The first-order valence-corrected chi connectivity index (χ1v) is 5.45. The molecule has 0 aliphatic heterocycles. The zero-order valence-corrected chi connectivity index (χ0v) is 10.5. The molecule has 0 N–H and O–H groups in total. The molecule has 0 aliphatic rings. The molecule has 0 amide bonds. The first-order chi connectivity index (χ1) is 7.62. The van der Waals surface area contributed by atoms with Crippen molar-refractivity contribution in [2.75, 3.05) is 13.7 Å². The minimum atomic E-state index is -0.141. The van der Waals surface area contributed by atoms with Gasteiger partial charge < -0.3 is 9.47 Å². The van der Waals surface area contributed by atoms with Crippen LogP contribution in [0.15, 0.2) is 12.7 Å². The quantitative estimate of drug-likeness (QED) is 0.519. The van der Waals surface area contributed by atoms with Gasteiger partial charge in [-0.05, 0) is 12.8 Å². The van der Waals surface area contributed by atoms with E-state index in [9.17, 15) is 9.59 Å². The van der Waals surface area contributed by atoms with Crippen LogP contribution in [-0.4, -0.2) is 25.7 Å². The maximum Gasteiger partial charge on any atom is 0.306 e. The highest BCUT2D eigenvalue weighted by molar-refractivity contribution is 5.69. The molecule has 0 saturated heterocycles. The summed E-state index contributed by atoms with van der Waals surface area (Å²) in [7, 11) is 1.40. The van der Waals surface area contributed by atoms with Gasteiger partial charge >= 0.3 is 11.9 Å². The van der Waals surface area contributed by atoms with E-state index in [2.05, 4.69) is 16.1 Å². The minimum absolute atomic E-state index is 0.123. The van der Waals surface area contributed by atoms with Gasteiger partial charge in [-0.2, -0.15) is 0 Å². The third-order valence-corrected chi connectivity index (χ3v) is 1.50. The van der Waals surface area contributed by atoms with Gasteiger partial charge in [0.25, 0.3) is 0 Å². The zero-order valence-electron chi connectivity index (χ0n) is 10.5. The van der Waals surface area contributed by atoms with Crippen LogP contribution in [0.5, 0.6) is 0 Å². The summed E-state index contributed by atoms with van der Waals surface area (Å²) in [5, 5.41) is 0. The molecule has 0 unspecified atom stereocenters. The molecule has 0 bridgehead atoms. The van der Waals surface area contributed by atoms with E-state index in [1.165, 1.54) is 7.11 Å². The van der Waals surface area contributed by atoms with E-state index in [-0.39, 0.29) is 11.9 Å². The second-order valence-electron chi connectivity index (χ2n) is 3.05. The normalized spacial score (nSPS) is 8.44. The van der Waals surface area contributed by atoms with E-state index in [1.54, 1.807) is 6.08 Å². The molecule has 0 radical (unpaired) electrons. The summed E-state index contributed by atoms with van der Waals surface area (Å²) in [6.07, 6.45) is 4.32. The molecule has 0 rings (SSSR count). The van der Waals surface area contributed by atoms with Gasteiger partial charge in [0.1, 0.15) is 6.61 Å². The standard InChI is InChI=1S/C7H12O2.C5H10O2/c1-3-5-7(8)9-6-4-2;1-3-4-5(6)7-2/h4H,2-3,5-6H2,1H3;3-4H2,1-2H3. The van der Waals surface area contributed by atoms with Crippen molar-refractivity contribution in [2.45, 2.75) is 39.5 Å². The molecular weight excluding hydrogens is 208 g/mol. The van der Waals surface area contributed by atoms with Crippen LogP contribution in [-0.2, 0) is 19.1 Å². The Morgan fingerprint density at radius 2 is 1.62 bits per heavy atom. The third-order valence-electron chi connectivity index (χ3n) is 1.50. The third kappa shape index (κ3) is 15.2. The Labute approximate surface area is 97.6 Å². The Kier molecular flexibility index (Phi) is 14.6. The second kappa shape index (κ2) is 13.7. The second-order valence-corrected chi connectivity index (χ2v) is 3.05. The first kappa shape index (κ1) is 17.1. The highest BCUT2D eigenvalue weighted by Gasteiger charge is 1.96. The summed E-state index contributed by atoms with van der Waals surface area (Å²) < 4.78 is 9.03. The molecule has 4 nitrogen and oxygen atoms in total. The summed E-state index contributed by atoms with van der Waals surface area (Å²) in [6.45, 7) is 7.63. The number of ether oxygens (including phenoxy) is 2. The van der Waals surface area contributed by atoms with Gasteiger partial charge in [0.05, 0.1) is 7.11 Å². The number of carbonyl (C=O) groups is 2. The smallest absolute Gasteiger partial charge is 0.306 e. The van der Waals surface area contributed by atoms with Crippen LogP contribution in [0.3, 0.4) is 0 Å². The molecule has 0 heterocycles. The molecule has 0 aromatic heterocycles. The van der Waals surface area contributed by atoms with E-state index in [0.29, 0.717) is 19.4 Å². The fourth-order valence-electron chi connectivity index (χ4n) is 0.734. The van der Waals surface area contributed by atoms with Crippen LogP contribution in [0.25, 0.3) is 0 Å². The van der Waals surface area contributed by atoms with E-state index in [0.717, 1.165) is 12.8 Å². The fourth-order valence-corrected chi connectivity index (χ4v) is 0.734. The minimum Gasteiger partial charge on any atom is -0.469 e. The van der Waals surface area contributed by atoms with Crippen LogP contribution in [0.2, 0.25) is 0 Å². The number of hydrogen-bond donors (Lipinski definition) is 0. The molecule has 0 aromatic rings. The number of carbonyl (C=O) groups excluding carboxylic acids is 2. The Bertz CT molecular complexity index is 199. The number of esters is 2. The molecule has 94 valence electrons. The van der Waals surface area contributed by atoms with Crippen molar-refractivity contribution in [3.63, 3.8) is 0 Å². The lowest BCUT2D eigenvalue weighted by molar-refractivity contribution is -0.142. The summed E-state index contributed by atoms with van der Waals surface area (Å²) in [5.41, 5.74) is 0. The van der Waals surface area contributed by atoms with Gasteiger partial charge in [0.2, 0.25) is 0 Å². The lowest BCUT2D eigenvalue weighted by Gasteiger charge is -1.97. The van der Waals surface area contributed by atoms with Gasteiger partial charge in [-0.25, -0.2) is 0 Å². The van der Waals surface area contributed by atoms with Crippen molar-refractivity contribution in [3.8, 4) is 0 Å². The Morgan fingerprint density at radius 1 is 1.12 bits per heavy atom. The lowest BCUT2D eigenvalue weighted by Crippen LogP contribution is -2.02. The first-order valence-electron chi connectivity index (χ1n) is 5.45. The van der Waals surface area contributed by atoms with Crippen LogP contribution < -0.4 is 0 Å². The van der Waals surface area contributed by atoms with Crippen LogP contribution in [0.4, 0.5) is 0 Å². The molecule has 4 heteroatoms. The average molecular weight is 230 g/mol. The van der Waals surface area contributed by atoms with Crippen molar-refractivity contribution in [1.29, 1.82) is 0 Å². The van der Waals surface area contributed by atoms with Crippen LogP contribution in [0, 0.1) is 0 Å². The predicted molar refractivity (Wildman–Crippen MR) is 63.0 cm³/mol. The van der Waals surface area contributed by atoms with Gasteiger partial charge in [-0.15, -0.1) is 0 Å². The molecule has 0 saturated carbocycles. The largest absolute Gasteiger partial charge is 0.469 e. The van der Waals surface area contributed by atoms with Crippen molar-refractivity contribution < 1.29 is 19.1 Å². The van der Waals surface area contributed by atoms with Crippen molar-refractivity contribution in [3.05, 3.63) is 12.7 Å². The maximum absolute atomic E-state index is 10.5. The predicted octanol–water partition coefficient (Wildman–Crippen LogP) is 2.48. The van der Waals surface area contributed by atoms with Crippen LogP contribution >= 0.6 is 0 Å². The summed E-state index contributed by atoms with van der Waals surface area (Å²) in [4.78, 5) is 20.7. The summed E-state index contributed by atoms with van der Waals surface area (Å²) >= 11 is 0. The molecule has 0 aromatic carbocycles. The molecule has 0 fully saturated rings. The Balaban J connectivity index is 0. The SMILES string of the molecule is C=CCOC(=O)CCC.CCCC(=O)OC. The van der Waals surface area contributed by atoms with Gasteiger partial charge in [-0.1, -0.05) is 26.5 Å². The van der Waals surface area contributed by atoms with Crippen molar-refractivity contribution in [2.24, 2.45) is 0 Å². The van der Waals surface area contributed by atoms with Crippen LogP contribution in [0.1, 0.15) is 39.5 Å². The fraction of sp³-hybridized carbons (Fsp3) is 0.667.